The van der Waals surface area contributed by atoms with Gasteiger partial charge in [-0.3, -0.25) is 0 Å². The van der Waals surface area contributed by atoms with Crippen LogP contribution in [-0.2, 0) is 19.6 Å². The Hall–Kier alpha value is -2.95. The fourth-order valence-electron chi connectivity index (χ4n) is 3.38. The Labute approximate surface area is 182 Å². The molecule has 1 N–H and O–H groups in total. The maximum Gasteiger partial charge on any atom is 0.186 e. The molecule has 1 heterocycles. The van der Waals surface area contributed by atoms with E-state index in [0.717, 1.165) is 41.5 Å². The fourth-order valence-corrected chi connectivity index (χ4v) is 4.24. The Morgan fingerprint density at radius 1 is 0.833 bits per heavy atom. The van der Waals surface area contributed by atoms with E-state index in [4.69, 9.17) is 4.98 Å². The van der Waals surface area contributed by atoms with Gasteiger partial charge in [0.25, 0.3) is 0 Å². The minimum Gasteiger partial charge on any atom is -0.392 e. The van der Waals surface area contributed by atoms with Gasteiger partial charge < -0.3 is 10.0 Å². The summed E-state index contributed by atoms with van der Waals surface area (Å²) in [6.45, 7) is 3.88. The summed E-state index contributed by atoms with van der Waals surface area (Å²) in [7, 11) is 0. The van der Waals surface area contributed by atoms with Crippen molar-refractivity contribution in [2.24, 2.45) is 0 Å². The summed E-state index contributed by atoms with van der Waals surface area (Å²) in [5, 5.41) is 12.5. The lowest BCUT2D eigenvalue weighted by atomic mass is 10.1. The smallest absolute Gasteiger partial charge is 0.186 e. The zero-order valence-electron chi connectivity index (χ0n) is 17.2. The summed E-state index contributed by atoms with van der Waals surface area (Å²) >= 11 is 1.69. The maximum atomic E-state index is 9.31. The summed E-state index contributed by atoms with van der Waals surface area (Å²) < 4.78 is 0. The van der Waals surface area contributed by atoms with Crippen molar-refractivity contribution in [1.82, 2.24) is 4.98 Å². The van der Waals surface area contributed by atoms with Crippen molar-refractivity contribution in [1.29, 1.82) is 0 Å². The molecular weight excluding hydrogens is 388 g/mol. The number of aliphatic hydroxyl groups is 1. The highest BCUT2D eigenvalue weighted by Crippen LogP contribution is 2.28. The van der Waals surface area contributed by atoms with E-state index in [0.29, 0.717) is 0 Å². The molecule has 0 aliphatic heterocycles. The Morgan fingerprint density at radius 3 is 2.20 bits per heavy atom. The first-order valence-corrected chi connectivity index (χ1v) is 11.1. The van der Waals surface area contributed by atoms with E-state index in [1.807, 2.05) is 30.3 Å². The van der Waals surface area contributed by atoms with Crippen LogP contribution in [0.3, 0.4) is 0 Å². The van der Waals surface area contributed by atoms with Crippen molar-refractivity contribution in [3.8, 4) is 11.3 Å². The molecule has 0 fully saturated rings. The highest BCUT2D eigenvalue weighted by Gasteiger charge is 2.13. The van der Waals surface area contributed by atoms with E-state index in [-0.39, 0.29) is 6.61 Å². The second kappa shape index (κ2) is 9.70. The van der Waals surface area contributed by atoms with Crippen molar-refractivity contribution in [3.05, 3.63) is 106 Å². The molecule has 0 amide bonds. The third kappa shape index (κ3) is 5.15. The third-order valence-electron chi connectivity index (χ3n) is 5.20. The third-order valence-corrected chi connectivity index (χ3v) is 6.10. The Bertz CT molecular complexity index is 1060. The summed E-state index contributed by atoms with van der Waals surface area (Å²) in [6, 6.07) is 27.3. The van der Waals surface area contributed by atoms with E-state index in [9.17, 15) is 5.11 Å². The molecule has 0 atom stereocenters. The Kier molecular flexibility index (Phi) is 6.57. The zero-order valence-corrected chi connectivity index (χ0v) is 18.0. The molecule has 0 saturated carbocycles. The van der Waals surface area contributed by atoms with Crippen LogP contribution in [0.5, 0.6) is 0 Å². The zero-order chi connectivity index (χ0) is 20.8. The van der Waals surface area contributed by atoms with Gasteiger partial charge in [-0.15, -0.1) is 11.3 Å². The lowest BCUT2D eigenvalue weighted by Gasteiger charge is -2.22. The van der Waals surface area contributed by atoms with E-state index in [2.05, 4.69) is 65.7 Å². The van der Waals surface area contributed by atoms with Gasteiger partial charge in [0.2, 0.25) is 0 Å². The molecule has 4 aromatic rings. The first kappa shape index (κ1) is 20.3. The molecule has 0 unspecified atom stereocenters. The topological polar surface area (TPSA) is 36.4 Å². The molecule has 3 aromatic carbocycles. The summed E-state index contributed by atoms with van der Waals surface area (Å²) in [5.74, 6) is 0. The summed E-state index contributed by atoms with van der Waals surface area (Å²) in [5.41, 5.74) is 6.93. The molecule has 3 nitrogen and oxygen atoms in total. The summed E-state index contributed by atoms with van der Waals surface area (Å²) in [6.07, 6.45) is 0.968. The molecule has 0 spiro atoms. The standard InChI is InChI=1S/C26H26N2OS/c1-20-7-9-21(10-8-20)15-16-28(17-22-11-13-23(18-29)14-12-22)26-27-25(19-30-26)24-5-3-2-4-6-24/h2-14,19,29H,15-18H2,1H3. The van der Waals surface area contributed by atoms with E-state index >= 15 is 0 Å². The number of nitrogens with zero attached hydrogens (tertiary/aromatic N) is 2. The van der Waals surface area contributed by atoms with Crippen molar-refractivity contribution < 1.29 is 5.11 Å². The molecule has 0 saturated heterocycles. The number of rotatable bonds is 8. The first-order valence-electron chi connectivity index (χ1n) is 10.2. The summed E-state index contributed by atoms with van der Waals surface area (Å²) in [4.78, 5) is 7.29. The van der Waals surface area contributed by atoms with Crippen LogP contribution >= 0.6 is 11.3 Å². The minimum absolute atomic E-state index is 0.0737. The largest absolute Gasteiger partial charge is 0.392 e. The minimum atomic E-state index is 0.0737. The van der Waals surface area contributed by atoms with Gasteiger partial charge in [-0.1, -0.05) is 84.4 Å². The van der Waals surface area contributed by atoms with Crippen molar-refractivity contribution in [2.75, 3.05) is 11.4 Å². The maximum absolute atomic E-state index is 9.31. The molecule has 1 aromatic heterocycles. The Balaban J connectivity index is 1.55. The lowest BCUT2D eigenvalue weighted by molar-refractivity contribution is 0.282. The predicted octanol–water partition coefficient (Wildman–Crippen LogP) is 5.86. The van der Waals surface area contributed by atoms with Crippen molar-refractivity contribution >= 4 is 16.5 Å². The number of hydrogen-bond donors (Lipinski definition) is 1. The number of thiazole rings is 1. The average molecular weight is 415 g/mol. The normalized spacial score (nSPS) is 10.9. The van der Waals surface area contributed by atoms with Crippen LogP contribution in [0.1, 0.15) is 22.3 Å². The van der Waals surface area contributed by atoms with Gasteiger partial charge in [0.15, 0.2) is 5.13 Å². The van der Waals surface area contributed by atoms with Crippen molar-refractivity contribution in [3.63, 3.8) is 0 Å². The molecule has 30 heavy (non-hydrogen) atoms. The molecule has 152 valence electrons. The molecule has 0 radical (unpaired) electrons. The number of hydrogen-bond acceptors (Lipinski definition) is 4. The van der Waals surface area contributed by atoms with Crippen LogP contribution in [-0.4, -0.2) is 16.6 Å². The number of aromatic nitrogens is 1. The fraction of sp³-hybridized carbons (Fsp3) is 0.192. The van der Waals surface area contributed by atoms with E-state index in [1.165, 1.54) is 16.7 Å². The second-order valence-corrected chi connectivity index (χ2v) is 8.35. The predicted molar refractivity (Wildman–Crippen MR) is 126 cm³/mol. The van der Waals surface area contributed by atoms with Gasteiger partial charge in [0.05, 0.1) is 12.3 Å². The van der Waals surface area contributed by atoms with Gasteiger partial charge in [-0.25, -0.2) is 4.98 Å². The van der Waals surface area contributed by atoms with Gasteiger partial charge in [0, 0.05) is 24.0 Å². The van der Waals surface area contributed by atoms with E-state index < -0.39 is 0 Å². The lowest BCUT2D eigenvalue weighted by Crippen LogP contribution is -2.25. The highest BCUT2D eigenvalue weighted by atomic mass is 32.1. The molecule has 0 bridgehead atoms. The average Bonchev–Trinajstić information content (AvgIpc) is 3.29. The van der Waals surface area contributed by atoms with Crippen LogP contribution in [0.25, 0.3) is 11.3 Å². The molecule has 0 aliphatic rings. The van der Waals surface area contributed by atoms with Gasteiger partial charge in [-0.2, -0.15) is 0 Å². The number of anilines is 1. The van der Waals surface area contributed by atoms with Crippen molar-refractivity contribution in [2.45, 2.75) is 26.5 Å². The monoisotopic (exact) mass is 414 g/mol. The molecule has 4 rings (SSSR count). The number of benzene rings is 3. The van der Waals surface area contributed by atoms with Crippen LogP contribution in [0.4, 0.5) is 5.13 Å². The molecule has 0 aliphatic carbocycles. The quantitative estimate of drug-likeness (QED) is 0.392. The molecule has 4 heteroatoms. The van der Waals surface area contributed by atoms with Gasteiger partial charge in [-0.05, 0) is 30.0 Å². The Morgan fingerprint density at radius 2 is 1.50 bits per heavy atom. The van der Waals surface area contributed by atoms with Crippen LogP contribution < -0.4 is 4.90 Å². The first-order chi connectivity index (χ1) is 14.7. The SMILES string of the molecule is Cc1ccc(CCN(Cc2ccc(CO)cc2)c2nc(-c3ccccc3)cs2)cc1. The van der Waals surface area contributed by atoms with Crippen LogP contribution in [0.15, 0.2) is 84.2 Å². The highest BCUT2D eigenvalue weighted by molar-refractivity contribution is 7.14. The number of aryl methyl sites for hydroxylation is 1. The van der Waals surface area contributed by atoms with Crippen LogP contribution in [0, 0.1) is 6.92 Å². The second-order valence-electron chi connectivity index (χ2n) is 7.51. The van der Waals surface area contributed by atoms with Gasteiger partial charge in [0.1, 0.15) is 0 Å². The van der Waals surface area contributed by atoms with Crippen LogP contribution in [0.2, 0.25) is 0 Å². The van der Waals surface area contributed by atoms with Gasteiger partial charge >= 0.3 is 0 Å². The van der Waals surface area contributed by atoms with E-state index in [1.54, 1.807) is 11.3 Å². The molecular formula is C26H26N2OS. The number of aliphatic hydroxyl groups excluding tert-OH is 1.